The van der Waals surface area contributed by atoms with Gasteiger partial charge >= 0.3 is 5.97 Å². The number of carbonyl (C=O) groups is 3. The Kier molecular flexibility index (Phi) is 5.53. The molecule has 0 aromatic rings. The zero-order chi connectivity index (χ0) is 15.4. The molecule has 114 valence electrons. The Bertz CT molecular complexity index is 387. The van der Waals surface area contributed by atoms with Crippen molar-refractivity contribution < 1.29 is 19.5 Å². The molecule has 1 aliphatic heterocycles. The van der Waals surface area contributed by atoms with Gasteiger partial charge in [0.25, 0.3) is 0 Å². The summed E-state index contributed by atoms with van der Waals surface area (Å²) >= 11 is 0. The van der Waals surface area contributed by atoms with E-state index in [0.29, 0.717) is 26.2 Å². The van der Waals surface area contributed by atoms with Crippen LogP contribution >= 0.6 is 0 Å². The van der Waals surface area contributed by atoms with Gasteiger partial charge in [0.1, 0.15) is 0 Å². The predicted octanol–water partition coefficient (Wildman–Crippen LogP) is 0.670. The van der Waals surface area contributed by atoms with E-state index in [0.717, 1.165) is 0 Å². The van der Waals surface area contributed by atoms with E-state index < -0.39 is 17.8 Å². The van der Waals surface area contributed by atoms with Crippen LogP contribution in [0.15, 0.2) is 0 Å². The van der Waals surface area contributed by atoms with Crippen molar-refractivity contribution in [3.63, 3.8) is 0 Å². The quantitative estimate of drug-likeness (QED) is 0.823. The smallest absolute Gasteiger partial charge is 0.307 e. The molecule has 0 bridgehead atoms. The summed E-state index contributed by atoms with van der Waals surface area (Å²) < 4.78 is 0. The highest BCUT2D eigenvalue weighted by Gasteiger charge is 2.32. The van der Waals surface area contributed by atoms with Crippen LogP contribution in [0, 0.1) is 17.8 Å². The minimum absolute atomic E-state index is 0.0387. The van der Waals surface area contributed by atoms with Gasteiger partial charge in [-0.25, -0.2) is 0 Å². The Morgan fingerprint density at radius 2 is 1.20 bits per heavy atom. The molecule has 0 aliphatic carbocycles. The number of carboxylic acid groups (broad SMARTS) is 1. The number of carbonyl (C=O) groups excluding carboxylic acids is 2. The lowest BCUT2D eigenvalue weighted by molar-refractivity contribution is -0.150. The Balaban J connectivity index is 2.55. The van der Waals surface area contributed by atoms with Gasteiger partial charge in [0.15, 0.2) is 0 Å². The molecule has 1 aliphatic rings. The maximum Gasteiger partial charge on any atom is 0.307 e. The van der Waals surface area contributed by atoms with E-state index >= 15 is 0 Å². The molecule has 0 aromatic heterocycles. The van der Waals surface area contributed by atoms with Gasteiger partial charge in [-0.2, -0.15) is 0 Å². The Morgan fingerprint density at radius 3 is 1.55 bits per heavy atom. The fourth-order valence-corrected chi connectivity index (χ4v) is 2.23. The highest BCUT2D eigenvalue weighted by atomic mass is 16.4. The monoisotopic (exact) mass is 284 g/mol. The molecule has 2 atom stereocenters. The van der Waals surface area contributed by atoms with Crippen LogP contribution < -0.4 is 0 Å². The lowest BCUT2D eigenvalue weighted by Gasteiger charge is -2.37. The van der Waals surface area contributed by atoms with Crippen LogP contribution in [0.3, 0.4) is 0 Å². The third-order valence-corrected chi connectivity index (χ3v) is 3.93. The molecule has 20 heavy (non-hydrogen) atoms. The predicted molar refractivity (Wildman–Crippen MR) is 74.0 cm³/mol. The van der Waals surface area contributed by atoms with Crippen molar-refractivity contribution in [1.29, 1.82) is 0 Å². The highest BCUT2D eigenvalue weighted by Crippen LogP contribution is 2.16. The molecule has 1 heterocycles. The average Bonchev–Trinajstić information content (AvgIpc) is 2.44. The largest absolute Gasteiger partial charge is 0.481 e. The van der Waals surface area contributed by atoms with Gasteiger partial charge < -0.3 is 14.9 Å². The number of carboxylic acids is 1. The first kappa shape index (κ1) is 16.5. The number of aliphatic carboxylic acids is 1. The number of piperazine rings is 1. The number of hydrogen-bond acceptors (Lipinski definition) is 3. The van der Waals surface area contributed by atoms with Crippen molar-refractivity contribution in [2.24, 2.45) is 17.8 Å². The Hall–Kier alpha value is -1.59. The van der Waals surface area contributed by atoms with E-state index in [-0.39, 0.29) is 17.7 Å². The molecule has 1 rings (SSSR count). The summed E-state index contributed by atoms with van der Waals surface area (Å²) in [5.74, 6) is -2.28. The molecule has 0 saturated carbocycles. The first-order chi connectivity index (χ1) is 9.25. The van der Waals surface area contributed by atoms with Crippen molar-refractivity contribution in [1.82, 2.24) is 9.80 Å². The van der Waals surface area contributed by atoms with E-state index in [1.54, 1.807) is 23.6 Å². The maximum absolute atomic E-state index is 12.2. The summed E-state index contributed by atoms with van der Waals surface area (Å²) in [7, 11) is 0. The molecule has 6 heteroatoms. The van der Waals surface area contributed by atoms with Crippen LogP contribution in [0.2, 0.25) is 0 Å². The SMILES string of the molecule is CC(C)C(=O)N1CCN(C(=O)C(C)C(C)C(=O)O)CC1. The van der Waals surface area contributed by atoms with Gasteiger partial charge in [-0.05, 0) is 0 Å². The van der Waals surface area contributed by atoms with Crippen LogP contribution in [-0.2, 0) is 14.4 Å². The van der Waals surface area contributed by atoms with Gasteiger partial charge in [0, 0.05) is 38.0 Å². The van der Waals surface area contributed by atoms with Crippen molar-refractivity contribution in [2.45, 2.75) is 27.7 Å². The van der Waals surface area contributed by atoms with E-state index in [9.17, 15) is 14.4 Å². The summed E-state index contributed by atoms with van der Waals surface area (Å²) in [6.45, 7) is 8.92. The van der Waals surface area contributed by atoms with Crippen LogP contribution in [-0.4, -0.2) is 58.9 Å². The van der Waals surface area contributed by atoms with Crippen molar-refractivity contribution in [3.05, 3.63) is 0 Å². The third kappa shape index (κ3) is 3.71. The van der Waals surface area contributed by atoms with E-state index in [4.69, 9.17) is 5.11 Å². The zero-order valence-electron chi connectivity index (χ0n) is 12.6. The second kappa shape index (κ2) is 6.72. The first-order valence-electron chi connectivity index (χ1n) is 7.06. The standard InChI is InChI=1S/C14H24N2O4/c1-9(2)12(17)15-5-7-16(8-6-15)13(18)10(3)11(4)14(19)20/h9-11H,5-8H2,1-4H3,(H,19,20). The lowest BCUT2D eigenvalue weighted by Crippen LogP contribution is -2.53. The average molecular weight is 284 g/mol. The van der Waals surface area contributed by atoms with Crippen LogP contribution in [0.1, 0.15) is 27.7 Å². The van der Waals surface area contributed by atoms with Crippen molar-refractivity contribution in [2.75, 3.05) is 26.2 Å². The minimum Gasteiger partial charge on any atom is -0.481 e. The lowest BCUT2D eigenvalue weighted by atomic mass is 9.94. The maximum atomic E-state index is 12.2. The number of hydrogen-bond donors (Lipinski definition) is 1. The molecule has 6 nitrogen and oxygen atoms in total. The van der Waals surface area contributed by atoms with E-state index in [1.165, 1.54) is 0 Å². The summed E-state index contributed by atoms with van der Waals surface area (Å²) in [5.41, 5.74) is 0. The number of rotatable bonds is 4. The van der Waals surface area contributed by atoms with Gasteiger partial charge in [-0.3, -0.25) is 14.4 Å². The molecular formula is C14H24N2O4. The molecule has 1 fully saturated rings. The van der Waals surface area contributed by atoms with Gasteiger partial charge in [0.05, 0.1) is 5.92 Å². The van der Waals surface area contributed by atoms with E-state index in [2.05, 4.69) is 0 Å². The van der Waals surface area contributed by atoms with E-state index in [1.807, 2.05) is 13.8 Å². The Morgan fingerprint density at radius 1 is 0.800 bits per heavy atom. The molecule has 2 amide bonds. The van der Waals surface area contributed by atoms with Crippen LogP contribution in [0.5, 0.6) is 0 Å². The summed E-state index contributed by atoms with van der Waals surface area (Å²) in [6.07, 6.45) is 0. The molecule has 2 unspecified atom stereocenters. The molecule has 1 N–H and O–H groups in total. The molecule has 0 spiro atoms. The molecule has 0 radical (unpaired) electrons. The van der Waals surface area contributed by atoms with Crippen LogP contribution in [0.4, 0.5) is 0 Å². The fourth-order valence-electron chi connectivity index (χ4n) is 2.23. The summed E-state index contributed by atoms with van der Waals surface area (Å²) in [4.78, 5) is 38.4. The zero-order valence-corrected chi connectivity index (χ0v) is 12.6. The first-order valence-corrected chi connectivity index (χ1v) is 7.06. The third-order valence-electron chi connectivity index (χ3n) is 3.93. The second-order valence-corrected chi connectivity index (χ2v) is 5.72. The topological polar surface area (TPSA) is 77.9 Å². The normalized spacial score (nSPS) is 18.9. The van der Waals surface area contributed by atoms with Crippen molar-refractivity contribution >= 4 is 17.8 Å². The van der Waals surface area contributed by atoms with Gasteiger partial charge in [-0.1, -0.05) is 27.7 Å². The van der Waals surface area contributed by atoms with Crippen LogP contribution in [0.25, 0.3) is 0 Å². The minimum atomic E-state index is -0.959. The number of amides is 2. The Labute approximate surface area is 119 Å². The molecular weight excluding hydrogens is 260 g/mol. The summed E-state index contributed by atoms with van der Waals surface area (Å²) in [6, 6.07) is 0. The highest BCUT2D eigenvalue weighted by molar-refractivity contribution is 5.84. The molecule has 1 saturated heterocycles. The molecule has 0 aromatic carbocycles. The fraction of sp³-hybridized carbons (Fsp3) is 0.786. The second-order valence-electron chi connectivity index (χ2n) is 5.72. The summed E-state index contributed by atoms with van der Waals surface area (Å²) in [5, 5.41) is 8.95. The number of nitrogens with zero attached hydrogens (tertiary/aromatic N) is 2. The van der Waals surface area contributed by atoms with Gasteiger partial charge in [0.2, 0.25) is 11.8 Å². The van der Waals surface area contributed by atoms with Gasteiger partial charge in [-0.15, -0.1) is 0 Å². The van der Waals surface area contributed by atoms with Crippen molar-refractivity contribution in [3.8, 4) is 0 Å².